The highest BCUT2D eigenvalue weighted by Gasteiger charge is 2.45. The predicted molar refractivity (Wildman–Crippen MR) is 113 cm³/mol. The third kappa shape index (κ3) is 5.11. The molecule has 1 atom stereocenters. The van der Waals surface area contributed by atoms with E-state index in [1.807, 2.05) is 0 Å². The summed E-state index contributed by atoms with van der Waals surface area (Å²) in [4.78, 5) is 37.7. The number of hydrogen-bond acceptors (Lipinski definition) is 4. The first kappa shape index (κ1) is 22.5. The molecule has 1 fully saturated rings. The Morgan fingerprint density at radius 1 is 0.968 bits per heavy atom. The van der Waals surface area contributed by atoms with Crippen molar-refractivity contribution in [2.75, 3.05) is 6.54 Å². The summed E-state index contributed by atoms with van der Waals surface area (Å²) < 4.78 is 13.3. The summed E-state index contributed by atoms with van der Waals surface area (Å²) in [5.74, 6) is -3.34. The number of rotatable bonds is 8. The lowest BCUT2D eigenvalue weighted by atomic mass is 9.95. The van der Waals surface area contributed by atoms with Crippen molar-refractivity contribution >= 4 is 35.0 Å². The highest BCUT2D eigenvalue weighted by molar-refractivity contribution is 6.46. The van der Waals surface area contributed by atoms with Gasteiger partial charge in [0.2, 0.25) is 0 Å². The van der Waals surface area contributed by atoms with Crippen molar-refractivity contribution in [2.45, 2.75) is 31.7 Å². The van der Waals surface area contributed by atoms with Crippen molar-refractivity contribution in [3.05, 3.63) is 76.1 Å². The molecule has 3 rings (SSSR count). The highest BCUT2D eigenvalue weighted by atomic mass is 35.5. The van der Waals surface area contributed by atoms with Gasteiger partial charge in [0, 0.05) is 23.6 Å². The number of likely N-dealkylation sites (tertiary alicyclic amines) is 1. The molecule has 8 heteroatoms. The number of carbonyl (C=O) groups excluding carboxylic acids is 2. The predicted octanol–water partition coefficient (Wildman–Crippen LogP) is 4.55. The van der Waals surface area contributed by atoms with Crippen LogP contribution in [0.5, 0.6) is 0 Å². The standard InChI is InChI=1S/C23H21ClFNO5/c24-16-9-5-14(6-10-16)20-19(21(29)15-7-11-17(25)12-8-15)22(30)23(31)26(20)13-3-1-2-4-18(27)28/h5-12,20,29H,1-4,13H2,(H,27,28)/b21-19+. The molecule has 2 N–H and O–H groups in total. The number of amides is 1. The average Bonchev–Trinajstić information content (AvgIpc) is 2.99. The lowest BCUT2D eigenvalue weighted by Gasteiger charge is -2.25. The third-order valence-corrected chi connectivity index (χ3v) is 5.38. The van der Waals surface area contributed by atoms with Gasteiger partial charge in [-0.2, -0.15) is 0 Å². The quantitative estimate of drug-likeness (QED) is 0.269. The minimum atomic E-state index is -0.888. The van der Waals surface area contributed by atoms with E-state index < -0.39 is 29.5 Å². The van der Waals surface area contributed by atoms with Gasteiger partial charge in [-0.15, -0.1) is 0 Å². The molecule has 0 bridgehead atoms. The summed E-state index contributed by atoms with van der Waals surface area (Å²) in [6, 6.07) is 10.8. The Kier molecular flexibility index (Phi) is 7.07. The topological polar surface area (TPSA) is 94.9 Å². The number of aliphatic hydroxyl groups excluding tert-OH is 1. The molecule has 0 aromatic heterocycles. The van der Waals surface area contributed by atoms with Gasteiger partial charge in [-0.3, -0.25) is 14.4 Å². The summed E-state index contributed by atoms with van der Waals surface area (Å²) in [7, 11) is 0. The van der Waals surface area contributed by atoms with E-state index in [2.05, 4.69) is 0 Å². The second kappa shape index (κ2) is 9.75. The maximum atomic E-state index is 13.3. The van der Waals surface area contributed by atoms with Crippen LogP contribution < -0.4 is 0 Å². The van der Waals surface area contributed by atoms with Crippen molar-refractivity contribution in [2.24, 2.45) is 0 Å². The molecule has 1 amide bonds. The van der Waals surface area contributed by atoms with Crippen LogP contribution in [0.3, 0.4) is 0 Å². The molecule has 1 unspecified atom stereocenters. The Morgan fingerprint density at radius 2 is 1.61 bits per heavy atom. The van der Waals surface area contributed by atoms with Crippen LogP contribution in [0.15, 0.2) is 54.1 Å². The molecular formula is C23H21ClFNO5. The Morgan fingerprint density at radius 3 is 2.23 bits per heavy atom. The minimum Gasteiger partial charge on any atom is -0.507 e. The van der Waals surface area contributed by atoms with E-state index in [4.69, 9.17) is 16.7 Å². The number of carboxylic acid groups (broad SMARTS) is 1. The molecule has 0 radical (unpaired) electrons. The zero-order valence-corrected chi connectivity index (χ0v) is 17.3. The van der Waals surface area contributed by atoms with Gasteiger partial charge in [-0.1, -0.05) is 30.2 Å². The van der Waals surface area contributed by atoms with Crippen LogP contribution >= 0.6 is 11.6 Å². The normalized spacial score (nSPS) is 17.9. The number of benzene rings is 2. The molecular weight excluding hydrogens is 425 g/mol. The van der Waals surface area contributed by atoms with Gasteiger partial charge in [0.15, 0.2) is 0 Å². The van der Waals surface area contributed by atoms with Gasteiger partial charge in [-0.05, 0) is 54.8 Å². The maximum Gasteiger partial charge on any atom is 0.303 e. The summed E-state index contributed by atoms with van der Waals surface area (Å²) in [5.41, 5.74) is 0.738. The summed E-state index contributed by atoms with van der Waals surface area (Å²) in [6.07, 6.45) is 1.56. The van der Waals surface area contributed by atoms with Crippen LogP contribution in [0, 0.1) is 5.82 Å². The van der Waals surface area contributed by atoms with Crippen molar-refractivity contribution in [3.63, 3.8) is 0 Å². The first-order valence-electron chi connectivity index (χ1n) is 9.81. The van der Waals surface area contributed by atoms with Gasteiger partial charge < -0.3 is 15.1 Å². The molecule has 1 aliphatic rings. The Balaban J connectivity index is 1.96. The molecule has 1 aliphatic heterocycles. The number of nitrogens with zero attached hydrogens (tertiary/aromatic N) is 1. The van der Waals surface area contributed by atoms with Crippen LogP contribution in [0.25, 0.3) is 5.76 Å². The fourth-order valence-electron chi connectivity index (χ4n) is 3.60. The Hall–Kier alpha value is -3.19. The minimum absolute atomic E-state index is 0.0317. The molecule has 2 aromatic rings. The molecule has 1 saturated heterocycles. The summed E-state index contributed by atoms with van der Waals surface area (Å²) >= 11 is 5.97. The SMILES string of the molecule is O=C(O)CCCCCN1C(=O)C(=O)/C(=C(/O)c2ccc(F)cc2)C1c1ccc(Cl)cc1. The van der Waals surface area contributed by atoms with Crippen LogP contribution in [-0.4, -0.2) is 39.3 Å². The van der Waals surface area contributed by atoms with E-state index in [-0.39, 0.29) is 29.9 Å². The summed E-state index contributed by atoms with van der Waals surface area (Å²) in [5, 5.41) is 20.1. The number of carboxylic acids is 1. The molecule has 162 valence electrons. The van der Waals surface area contributed by atoms with E-state index in [1.54, 1.807) is 24.3 Å². The van der Waals surface area contributed by atoms with Crippen molar-refractivity contribution in [1.82, 2.24) is 4.90 Å². The maximum absolute atomic E-state index is 13.3. The van der Waals surface area contributed by atoms with Gasteiger partial charge in [-0.25, -0.2) is 4.39 Å². The number of aliphatic carboxylic acids is 1. The highest BCUT2D eigenvalue weighted by Crippen LogP contribution is 2.39. The summed E-state index contributed by atoms with van der Waals surface area (Å²) in [6.45, 7) is 0.220. The molecule has 31 heavy (non-hydrogen) atoms. The third-order valence-electron chi connectivity index (χ3n) is 5.13. The molecule has 0 saturated carbocycles. The zero-order valence-electron chi connectivity index (χ0n) is 16.6. The first-order chi connectivity index (χ1) is 14.8. The second-order valence-corrected chi connectivity index (χ2v) is 7.69. The second-order valence-electron chi connectivity index (χ2n) is 7.26. The molecule has 1 heterocycles. The van der Waals surface area contributed by atoms with E-state index in [0.29, 0.717) is 29.8 Å². The number of carbonyl (C=O) groups is 3. The number of aliphatic hydroxyl groups is 1. The largest absolute Gasteiger partial charge is 0.507 e. The lowest BCUT2D eigenvalue weighted by Crippen LogP contribution is -2.30. The number of ketones is 1. The van der Waals surface area contributed by atoms with Gasteiger partial charge >= 0.3 is 5.97 Å². The van der Waals surface area contributed by atoms with Gasteiger partial charge in [0.05, 0.1) is 11.6 Å². The van der Waals surface area contributed by atoms with Crippen molar-refractivity contribution in [1.29, 1.82) is 0 Å². The lowest BCUT2D eigenvalue weighted by molar-refractivity contribution is -0.140. The van der Waals surface area contributed by atoms with Gasteiger partial charge in [0.25, 0.3) is 11.7 Å². The fraction of sp³-hybridized carbons (Fsp3) is 0.261. The number of Topliss-reactive ketones (excluding diaryl/α,β-unsaturated/α-hetero) is 1. The molecule has 0 aliphatic carbocycles. The number of unbranched alkanes of at least 4 members (excludes halogenated alkanes) is 2. The molecule has 6 nitrogen and oxygen atoms in total. The fourth-order valence-corrected chi connectivity index (χ4v) is 3.73. The van der Waals surface area contributed by atoms with Crippen LogP contribution in [0.1, 0.15) is 42.9 Å². The zero-order chi connectivity index (χ0) is 22.5. The Bertz CT molecular complexity index is 1020. The first-order valence-corrected chi connectivity index (χ1v) is 10.2. The monoisotopic (exact) mass is 445 g/mol. The van der Waals surface area contributed by atoms with Crippen LogP contribution in [0.4, 0.5) is 4.39 Å². The van der Waals surface area contributed by atoms with Gasteiger partial charge in [0.1, 0.15) is 11.6 Å². The van der Waals surface area contributed by atoms with E-state index in [1.165, 1.54) is 17.0 Å². The molecule has 0 spiro atoms. The Labute approximate surface area is 183 Å². The van der Waals surface area contributed by atoms with E-state index in [0.717, 1.165) is 12.1 Å². The van der Waals surface area contributed by atoms with Crippen LogP contribution in [-0.2, 0) is 14.4 Å². The average molecular weight is 446 g/mol. The van der Waals surface area contributed by atoms with E-state index >= 15 is 0 Å². The number of halogens is 2. The van der Waals surface area contributed by atoms with Crippen molar-refractivity contribution < 1.29 is 29.0 Å². The number of hydrogen-bond donors (Lipinski definition) is 2. The smallest absolute Gasteiger partial charge is 0.303 e. The molecule has 2 aromatic carbocycles. The van der Waals surface area contributed by atoms with Crippen molar-refractivity contribution in [3.8, 4) is 0 Å². The van der Waals surface area contributed by atoms with Crippen LogP contribution in [0.2, 0.25) is 5.02 Å². The van der Waals surface area contributed by atoms with E-state index in [9.17, 15) is 23.9 Å².